The summed E-state index contributed by atoms with van der Waals surface area (Å²) in [5.74, 6) is 0.452. The minimum atomic E-state index is -0.374. The number of rotatable bonds is 10. The Balaban J connectivity index is 1.51. The van der Waals surface area contributed by atoms with Crippen LogP contribution in [0.25, 0.3) is 0 Å². The molecule has 2 aliphatic rings. The lowest BCUT2D eigenvalue weighted by molar-refractivity contribution is -0.138. The summed E-state index contributed by atoms with van der Waals surface area (Å²) < 4.78 is 16.6. The van der Waals surface area contributed by atoms with E-state index >= 15 is 0 Å². The van der Waals surface area contributed by atoms with Crippen LogP contribution in [0.2, 0.25) is 0 Å². The Bertz CT molecular complexity index is 418. The van der Waals surface area contributed by atoms with Gasteiger partial charge in [-0.1, -0.05) is 27.4 Å². The summed E-state index contributed by atoms with van der Waals surface area (Å²) in [5, 5.41) is 0. The highest BCUT2D eigenvalue weighted by atomic mass is 16.5. The fourth-order valence-corrected chi connectivity index (χ4v) is 4.26. The molecular weight excluding hydrogens is 292 g/mol. The second-order valence-corrected chi connectivity index (χ2v) is 7.66. The quantitative estimate of drug-likeness (QED) is 0.349. The van der Waals surface area contributed by atoms with E-state index in [1.807, 2.05) is 0 Å². The number of carbonyl (C=O) groups is 1. The predicted molar refractivity (Wildman–Crippen MR) is 90.2 cm³/mol. The molecule has 0 saturated heterocycles. The van der Waals surface area contributed by atoms with Crippen molar-refractivity contribution in [3.05, 3.63) is 12.7 Å². The molecule has 0 N–H and O–H groups in total. The number of esters is 1. The maximum atomic E-state index is 10.8. The second-order valence-electron chi connectivity index (χ2n) is 7.66. The van der Waals surface area contributed by atoms with Crippen molar-refractivity contribution in [3.63, 3.8) is 0 Å². The van der Waals surface area contributed by atoms with Crippen LogP contribution in [0, 0.1) is 16.7 Å². The molecule has 2 fully saturated rings. The van der Waals surface area contributed by atoms with Crippen LogP contribution in [0.15, 0.2) is 12.7 Å². The van der Waals surface area contributed by atoms with Gasteiger partial charge >= 0.3 is 5.97 Å². The molecule has 0 aromatic heterocycles. The Hall–Kier alpha value is -0.870. The number of hydrogen-bond acceptors (Lipinski definition) is 4. The highest BCUT2D eigenvalue weighted by Gasteiger charge is 2.61. The molecule has 0 spiro atoms. The fraction of sp³-hybridized carbons (Fsp3) is 0.842. The van der Waals surface area contributed by atoms with Crippen molar-refractivity contribution in [1.29, 1.82) is 0 Å². The zero-order valence-corrected chi connectivity index (χ0v) is 14.9. The van der Waals surface area contributed by atoms with Crippen molar-refractivity contribution in [2.24, 2.45) is 16.7 Å². The standard InChI is InChI=1S/C19H32O4/c1-5-17(20)23-13-7-11-21-10-6-12-22-16-14-15-8-9-19(16,4)18(15,2)3/h5,15-16H,1,6-14H2,2-4H3. The molecule has 132 valence electrons. The van der Waals surface area contributed by atoms with Crippen LogP contribution in [0.5, 0.6) is 0 Å². The molecule has 2 rings (SSSR count). The van der Waals surface area contributed by atoms with Crippen LogP contribution in [0.4, 0.5) is 0 Å². The van der Waals surface area contributed by atoms with Gasteiger partial charge in [0.1, 0.15) is 0 Å². The van der Waals surface area contributed by atoms with Gasteiger partial charge in [0.15, 0.2) is 0 Å². The molecular formula is C19H32O4. The minimum Gasteiger partial charge on any atom is -0.462 e. The zero-order valence-electron chi connectivity index (χ0n) is 14.9. The van der Waals surface area contributed by atoms with Gasteiger partial charge in [-0.3, -0.25) is 0 Å². The third kappa shape index (κ3) is 3.97. The lowest BCUT2D eigenvalue weighted by Crippen LogP contribution is -2.37. The van der Waals surface area contributed by atoms with Crippen LogP contribution >= 0.6 is 0 Å². The number of carbonyl (C=O) groups excluding carboxylic acids is 1. The van der Waals surface area contributed by atoms with Gasteiger partial charge < -0.3 is 14.2 Å². The van der Waals surface area contributed by atoms with Gasteiger partial charge in [0.2, 0.25) is 0 Å². The van der Waals surface area contributed by atoms with Gasteiger partial charge in [-0.25, -0.2) is 4.79 Å². The van der Waals surface area contributed by atoms with Crippen molar-refractivity contribution in [2.45, 2.75) is 59.0 Å². The molecule has 2 aliphatic carbocycles. The van der Waals surface area contributed by atoms with Gasteiger partial charge in [0.25, 0.3) is 0 Å². The van der Waals surface area contributed by atoms with Gasteiger partial charge in [0.05, 0.1) is 12.7 Å². The lowest BCUT2D eigenvalue weighted by atomic mass is 9.70. The van der Waals surface area contributed by atoms with Crippen molar-refractivity contribution in [3.8, 4) is 0 Å². The Kier molecular flexibility index (Phi) is 6.26. The van der Waals surface area contributed by atoms with Crippen molar-refractivity contribution < 1.29 is 19.0 Å². The Morgan fingerprint density at radius 3 is 2.43 bits per heavy atom. The van der Waals surface area contributed by atoms with E-state index in [1.54, 1.807) is 0 Å². The highest BCUT2D eigenvalue weighted by molar-refractivity contribution is 5.81. The molecule has 0 heterocycles. The Labute approximate surface area is 140 Å². The summed E-state index contributed by atoms with van der Waals surface area (Å²) in [6, 6.07) is 0. The maximum absolute atomic E-state index is 10.8. The van der Waals surface area contributed by atoms with Crippen molar-refractivity contribution in [1.82, 2.24) is 0 Å². The second kappa shape index (κ2) is 7.80. The molecule has 4 heteroatoms. The topological polar surface area (TPSA) is 44.8 Å². The zero-order chi connectivity index (χ0) is 16.9. The van der Waals surface area contributed by atoms with Gasteiger partial charge in [0, 0.05) is 32.3 Å². The predicted octanol–water partition coefficient (Wildman–Crippen LogP) is 3.74. The van der Waals surface area contributed by atoms with Gasteiger partial charge in [-0.15, -0.1) is 0 Å². The van der Waals surface area contributed by atoms with E-state index in [0.29, 0.717) is 36.8 Å². The van der Waals surface area contributed by atoms with Crippen molar-refractivity contribution in [2.75, 3.05) is 26.4 Å². The number of hydrogen-bond donors (Lipinski definition) is 0. The first-order chi connectivity index (χ1) is 10.9. The fourth-order valence-electron chi connectivity index (χ4n) is 4.26. The smallest absolute Gasteiger partial charge is 0.330 e. The van der Waals surface area contributed by atoms with Crippen LogP contribution in [0.3, 0.4) is 0 Å². The molecule has 0 aromatic rings. The first kappa shape index (κ1) is 18.5. The molecule has 0 radical (unpaired) electrons. The summed E-state index contributed by atoms with van der Waals surface area (Å²) in [6.45, 7) is 13.1. The number of fused-ring (bicyclic) bond motifs is 2. The molecule has 3 unspecified atom stereocenters. The summed E-state index contributed by atoms with van der Waals surface area (Å²) >= 11 is 0. The Morgan fingerprint density at radius 1 is 1.17 bits per heavy atom. The van der Waals surface area contributed by atoms with Crippen LogP contribution in [0.1, 0.15) is 52.9 Å². The molecule has 3 atom stereocenters. The minimum absolute atomic E-state index is 0.341. The van der Waals surface area contributed by atoms with Crippen molar-refractivity contribution >= 4 is 5.97 Å². The molecule has 4 nitrogen and oxygen atoms in total. The van der Waals surface area contributed by atoms with Crippen LogP contribution < -0.4 is 0 Å². The average Bonchev–Trinajstić information content (AvgIpc) is 2.86. The molecule has 0 aliphatic heterocycles. The molecule has 0 aromatic carbocycles. The first-order valence-corrected chi connectivity index (χ1v) is 8.90. The third-order valence-corrected chi connectivity index (χ3v) is 6.31. The van der Waals surface area contributed by atoms with E-state index in [2.05, 4.69) is 27.4 Å². The SMILES string of the molecule is C=CC(=O)OCCCOCCCOC1CC2CCC1(C)C2(C)C. The van der Waals surface area contributed by atoms with Gasteiger partial charge in [-0.05, 0) is 42.4 Å². The summed E-state index contributed by atoms with van der Waals surface area (Å²) in [7, 11) is 0. The third-order valence-electron chi connectivity index (χ3n) is 6.31. The summed E-state index contributed by atoms with van der Waals surface area (Å²) in [4.78, 5) is 10.8. The largest absolute Gasteiger partial charge is 0.462 e. The molecule has 2 saturated carbocycles. The lowest BCUT2D eigenvalue weighted by Gasteiger charge is -2.38. The van der Waals surface area contributed by atoms with E-state index in [9.17, 15) is 4.79 Å². The monoisotopic (exact) mass is 324 g/mol. The Morgan fingerprint density at radius 2 is 1.87 bits per heavy atom. The van der Waals surface area contributed by atoms with Gasteiger partial charge in [-0.2, -0.15) is 0 Å². The first-order valence-electron chi connectivity index (χ1n) is 8.90. The van der Waals surface area contributed by atoms with E-state index < -0.39 is 0 Å². The van der Waals surface area contributed by atoms with E-state index in [1.165, 1.54) is 25.3 Å². The average molecular weight is 324 g/mol. The van der Waals surface area contributed by atoms with E-state index in [0.717, 1.165) is 25.4 Å². The maximum Gasteiger partial charge on any atom is 0.330 e. The molecule has 23 heavy (non-hydrogen) atoms. The highest BCUT2D eigenvalue weighted by Crippen LogP contribution is 2.66. The molecule has 0 amide bonds. The van der Waals surface area contributed by atoms with Crippen LogP contribution in [-0.4, -0.2) is 38.5 Å². The van der Waals surface area contributed by atoms with E-state index in [-0.39, 0.29) is 5.97 Å². The summed E-state index contributed by atoms with van der Waals surface area (Å²) in [6.07, 6.45) is 7.11. The summed E-state index contributed by atoms with van der Waals surface area (Å²) in [5.41, 5.74) is 0.755. The van der Waals surface area contributed by atoms with Crippen LogP contribution in [-0.2, 0) is 19.0 Å². The normalized spacial score (nSPS) is 31.3. The molecule has 2 bridgehead atoms. The number of ether oxygens (including phenoxy) is 3. The van der Waals surface area contributed by atoms with E-state index in [4.69, 9.17) is 14.2 Å².